The number of anilines is 1. The zero-order chi connectivity index (χ0) is 12.1. The van der Waals surface area contributed by atoms with Gasteiger partial charge in [-0.3, -0.25) is 0 Å². The SMILES string of the molecule is CCNc1cc(OC2CCCCC2)nc(C)n1. The third-order valence-corrected chi connectivity index (χ3v) is 3.01. The molecule has 4 nitrogen and oxygen atoms in total. The molecule has 1 fully saturated rings. The van der Waals surface area contributed by atoms with Gasteiger partial charge in [-0.2, -0.15) is 4.98 Å². The Balaban J connectivity index is 2.03. The van der Waals surface area contributed by atoms with Crippen LogP contribution in [0.2, 0.25) is 0 Å². The van der Waals surface area contributed by atoms with Crippen LogP contribution in [0.4, 0.5) is 5.82 Å². The summed E-state index contributed by atoms with van der Waals surface area (Å²) in [6.45, 7) is 4.81. The van der Waals surface area contributed by atoms with Gasteiger partial charge in [0.1, 0.15) is 17.7 Å². The highest BCUT2D eigenvalue weighted by Gasteiger charge is 2.15. The lowest BCUT2D eigenvalue weighted by Crippen LogP contribution is -2.20. The normalized spacial score (nSPS) is 16.8. The molecule has 0 unspecified atom stereocenters. The van der Waals surface area contributed by atoms with E-state index in [2.05, 4.69) is 22.2 Å². The van der Waals surface area contributed by atoms with E-state index < -0.39 is 0 Å². The number of nitrogens with zero attached hydrogens (tertiary/aromatic N) is 2. The van der Waals surface area contributed by atoms with Crippen LogP contribution in [-0.4, -0.2) is 22.6 Å². The Hall–Kier alpha value is -1.32. The maximum Gasteiger partial charge on any atom is 0.218 e. The predicted octanol–water partition coefficient (Wildman–Crippen LogP) is 2.93. The molecular weight excluding hydrogens is 214 g/mol. The van der Waals surface area contributed by atoms with Crippen LogP contribution >= 0.6 is 0 Å². The van der Waals surface area contributed by atoms with E-state index in [1.54, 1.807) is 0 Å². The molecule has 0 amide bonds. The van der Waals surface area contributed by atoms with E-state index >= 15 is 0 Å². The lowest BCUT2D eigenvalue weighted by atomic mass is 9.98. The third-order valence-electron chi connectivity index (χ3n) is 3.01. The van der Waals surface area contributed by atoms with Crippen LogP contribution in [0.5, 0.6) is 5.88 Å². The molecule has 1 aromatic rings. The van der Waals surface area contributed by atoms with Crippen molar-refractivity contribution in [3.05, 3.63) is 11.9 Å². The topological polar surface area (TPSA) is 47.0 Å². The van der Waals surface area contributed by atoms with E-state index in [0.717, 1.165) is 31.0 Å². The van der Waals surface area contributed by atoms with Gasteiger partial charge in [0.2, 0.25) is 5.88 Å². The molecule has 1 saturated carbocycles. The minimum atomic E-state index is 0.340. The number of ether oxygens (including phenoxy) is 1. The minimum Gasteiger partial charge on any atom is -0.474 e. The molecule has 0 atom stereocenters. The van der Waals surface area contributed by atoms with Crippen molar-refractivity contribution in [1.29, 1.82) is 0 Å². The van der Waals surface area contributed by atoms with Gasteiger partial charge in [0, 0.05) is 12.6 Å². The molecule has 0 aromatic carbocycles. The average Bonchev–Trinajstić information content (AvgIpc) is 2.30. The zero-order valence-electron chi connectivity index (χ0n) is 10.7. The van der Waals surface area contributed by atoms with Crippen LogP contribution in [0.3, 0.4) is 0 Å². The molecule has 0 saturated heterocycles. The Morgan fingerprint density at radius 3 is 2.76 bits per heavy atom. The van der Waals surface area contributed by atoms with E-state index in [-0.39, 0.29) is 0 Å². The number of aromatic nitrogens is 2. The van der Waals surface area contributed by atoms with Crippen LogP contribution in [0.25, 0.3) is 0 Å². The van der Waals surface area contributed by atoms with E-state index in [1.807, 2.05) is 13.0 Å². The molecule has 2 rings (SSSR count). The summed E-state index contributed by atoms with van der Waals surface area (Å²) in [6.07, 6.45) is 6.53. The monoisotopic (exact) mass is 235 g/mol. The van der Waals surface area contributed by atoms with E-state index in [9.17, 15) is 0 Å². The molecule has 94 valence electrons. The van der Waals surface area contributed by atoms with Crippen molar-refractivity contribution < 1.29 is 4.74 Å². The van der Waals surface area contributed by atoms with Crippen LogP contribution < -0.4 is 10.1 Å². The molecule has 0 bridgehead atoms. The summed E-state index contributed by atoms with van der Waals surface area (Å²) in [5.74, 6) is 2.32. The largest absolute Gasteiger partial charge is 0.474 e. The van der Waals surface area contributed by atoms with E-state index in [0.29, 0.717) is 12.0 Å². The number of aryl methyl sites for hydroxylation is 1. The fourth-order valence-corrected chi connectivity index (χ4v) is 2.23. The summed E-state index contributed by atoms with van der Waals surface area (Å²) >= 11 is 0. The second kappa shape index (κ2) is 5.84. The highest BCUT2D eigenvalue weighted by molar-refractivity contribution is 5.38. The molecule has 1 aliphatic carbocycles. The van der Waals surface area contributed by atoms with Crippen LogP contribution in [0.1, 0.15) is 44.9 Å². The standard InChI is InChI=1S/C13H21N3O/c1-3-14-12-9-13(16-10(2)15-12)17-11-7-5-4-6-8-11/h9,11H,3-8H2,1-2H3,(H,14,15,16). The van der Waals surface area contributed by atoms with Gasteiger partial charge in [-0.1, -0.05) is 6.42 Å². The van der Waals surface area contributed by atoms with Gasteiger partial charge in [-0.05, 0) is 39.5 Å². The van der Waals surface area contributed by atoms with Gasteiger partial charge in [-0.25, -0.2) is 4.98 Å². The summed E-state index contributed by atoms with van der Waals surface area (Å²) in [7, 11) is 0. The smallest absolute Gasteiger partial charge is 0.218 e. The second-order valence-electron chi connectivity index (χ2n) is 4.55. The van der Waals surface area contributed by atoms with Gasteiger partial charge in [0.15, 0.2) is 0 Å². The Labute approximate surface area is 103 Å². The Bertz CT molecular complexity index is 362. The molecular formula is C13H21N3O. The maximum absolute atomic E-state index is 5.93. The zero-order valence-corrected chi connectivity index (χ0v) is 10.7. The molecule has 1 aliphatic rings. The van der Waals surface area contributed by atoms with Crippen molar-refractivity contribution in [2.45, 2.75) is 52.1 Å². The van der Waals surface area contributed by atoms with Gasteiger partial charge in [-0.15, -0.1) is 0 Å². The number of nitrogens with one attached hydrogen (secondary N) is 1. The molecule has 0 spiro atoms. The lowest BCUT2D eigenvalue weighted by Gasteiger charge is -2.22. The quantitative estimate of drug-likeness (QED) is 0.871. The number of rotatable bonds is 4. The van der Waals surface area contributed by atoms with Crippen molar-refractivity contribution in [1.82, 2.24) is 9.97 Å². The third kappa shape index (κ3) is 3.58. The Morgan fingerprint density at radius 2 is 2.06 bits per heavy atom. The molecule has 0 radical (unpaired) electrons. The summed E-state index contributed by atoms with van der Waals surface area (Å²) in [6, 6.07) is 1.89. The van der Waals surface area contributed by atoms with Gasteiger partial charge < -0.3 is 10.1 Å². The van der Waals surface area contributed by atoms with Gasteiger partial charge in [0.05, 0.1) is 0 Å². The first kappa shape index (κ1) is 12.1. The molecule has 4 heteroatoms. The minimum absolute atomic E-state index is 0.340. The summed E-state index contributed by atoms with van der Waals surface area (Å²) in [4.78, 5) is 8.65. The fraction of sp³-hybridized carbons (Fsp3) is 0.692. The van der Waals surface area contributed by atoms with Crippen molar-refractivity contribution in [2.24, 2.45) is 0 Å². The molecule has 17 heavy (non-hydrogen) atoms. The van der Waals surface area contributed by atoms with Gasteiger partial charge in [0.25, 0.3) is 0 Å². The fourth-order valence-electron chi connectivity index (χ4n) is 2.23. The second-order valence-corrected chi connectivity index (χ2v) is 4.55. The Kier molecular flexibility index (Phi) is 4.18. The van der Waals surface area contributed by atoms with Crippen molar-refractivity contribution >= 4 is 5.82 Å². The number of hydrogen-bond acceptors (Lipinski definition) is 4. The van der Waals surface area contributed by atoms with Crippen LogP contribution in [0, 0.1) is 6.92 Å². The first-order valence-electron chi connectivity index (χ1n) is 6.54. The summed E-state index contributed by atoms with van der Waals surface area (Å²) < 4.78 is 5.93. The highest BCUT2D eigenvalue weighted by Crippen LogP contribution is 2.23. The van der Waals surface area contributed by atoms with E-state index in [4.69, 9.17) is 4.74 Å². The molecule has 1 aromatic heterocycles. The maximum atomic E-state index is 5.93. The predicted molar refractivity (Wildman–Crippen MR) is 68.4 cm³/mol. The molecule has 1 N–H and O–H groups in total. The first-order valence-corrected chi connectivity index (χ1v) is 6.54. The van der Waals surface area contributed by atoms with Crippen LogP contribution in [-0.2, 0) is 0 Å². The summed E-state index contributed by atoms with van der Waals surface area (Å²) in [5, 5.41) is 3.19. The average molecular weight is 235 g/mol. The molecule has 0 aliphatic heterocycles. The first-order chi connectivity index (χ1) is 8.28. The van der Waals surface area contributed by atoms with Gasteiger partial charge >= 0.3 is 0 Å². The highest BCUT2D eigenvalue weighted by atomic mass is 16.5. The van der Waals surface area contributed by atoms with Crippen molar-refractivity contribution in [3.8, 4) is 5.88 Å². The van der Waals surface area contributed by atoms with E-state index in [1.165, 1.54) is 19.3 Å². The van der Waals surface area contributed by atoms with Crippen molar-refractivity contribution in [2.75, 3.05) is 11.9 Å². The summed E-state index contributed by atoms with van der Waals surface area (Å²) in [5.41, 5.74) is 0. The lowest BCUT2D eigenvalue weighted by molar-refractivity contribution is 0.148. The molecule has 1 heterocycles. The van der Waals surface area contributed by atoms with Crippen LogP contribution in [0.15, 0.2) is 6.07 Å². The number of hydrogen-bond donors (Lipinski definition) is 1. The van der Waals surface area contributed by atoms with Crippen molar-refractivity contribution in [3.63, 3.8) is 0 Å². The Morgan fingerprint density at radius 1 is 1.29 bits per heavy atom.